The zero-order valence-electron chi connectivity index (χ0n) is 18.1. The number of ether oxygens (including phenoxy) is 1. The highest BCUT2D eigenvalue weighted by Crippen LogP contribution is 2.45. The third-order valence-corrected chi connectivity index (χ3v) is 6.34. The summed E-state index contributed by atoms with van der Waals surface area (Å²) in [6, 6.07) is 11.8. The van der Waals surface area contributed by atoms with Gasteiger partial charge in [0.05, 0.1) is 5.56 Å². The molecule has 1 unspecified atom stereocenters. The van der Waals surface area contributed by atoms with Crippen LogP contribution in [-0.2, 0) is 6.18 Å². The molecule has 0 fully saturated rings. The molecule has 34 heavy (non-hydrogen) atoms. The first kappa shape index (κ1) is 25.6. The minimum atomic E-state index is -4.75. The molecule has 0 saturated carbocycles. The summed E-state index contributed by atoms with van der Waals surface area (Å²) in [7, 11) is 0. The molecular weight excluding hydrogens is 482 g/mol. The molecule has 3 rings (SSSR count). The molecule has 0 saturated heterocycles. The Morgan fingerprint density at radius 2 is 1.68 bits per heavy atom. The second kappa shape index (κ2) is 9.69. The number of alkyl halides is 6. The third-order valence-electron chi connectivity index (χ3n) is 5.18. The molecule has 1 atom stereocenters. The van der Waals surface area contributed by atoms with Gasteiger partial charge in [0.1, 0.15) is 16.7 Å². The zero-order chi connectivity index (χ0) is 25.3. The number of aryl methyl sites for hydroxylation is 1. The zero-order valence-corrected chi connectivity index (χ0v) is 18.9. The van der Waals surface area contributed by atoms with E-state index >= 15 is 0 Å². The van der Waals surface area contributed by atoms with Gasteiger partial charge in [-0.05, 0) is 55.2 Å². The van der Waals surface area contributed by atoms with Crippen LogP contribution in [0, 0.1) is 13.8 Å². The number of aromatic carboxylic acids is 1. The van der Waals surface area contributed by atoms with Gasteiger partial charge >= 0.3 is 18.3 Å². The van der Waals surface area contributed by atoms with Crippen LogP contribution in [0.2, 0.25) is 0 Å². The minimum Gasteiger partial charge on any atom is -0.484 e. The molecule has 10 heteroatoms. The van der Waals surface area contributed by atoms with E-state index in [4.69, 9.17) is 9.84 Å². The largest absolute Gasteiger partial charge is 0.484 e. The molecule has 1 aromatic heterocycles. The SMILES string of the molecule is Cc1cc(-c2ccccc2)c(C(F)(F)F)c(C)c1OC(CCC(F)(F)F)c1ccc(C(=O)O)s1. The normalized spacial score (nSPS) is 13.1. The first-order valence-corrected chi connectivity index (χ1v) is 10.9. The summed E-state index contributed by atoms with van der Waals surface area (Å²) in [5.41, 5.74) is -0.599. The highest BCUT2D eigenvalue weighted by molar-refractivity contribution is 7.14. The van der Waals surface area contributed by atoms with E-state index in [1.807, 2.05) is 0 Å². The lowest BCUT2D eigenvalue weighted by Crippen LogP contribution is -2.16. The van der Waals surface area contributed by atoms with E-state index < -0.39 is 42.8 Å². The van der Waals surface area contributed by atoms with Crippen molar-refractivity contribution >= 4 is 17.3 Å². The number of rotatable bonds is 7. The smallest absolute Gasteiger partial charge is 0.417 e. The predicted molar refractivity (Wildman–Crippen MR) is 116 cm³/mol. The number of carboxylic acid groups (broad SMARTS) is 1. The first-order valence-electron chi connectivity index (χ1n) is 10.1. The molecule has 2 aromatic carbocycles. The quantitative estimate of drug-likeness (QED) is 0.331. The summed E-state index contributed by atoms with van der Waals surface area (Å²) < 4.78 is 86.9. The fourth-order valence-corrected chi connectivity index (χ4v) is 4.61. The topological polar surface area (TPSA) is 46.5 Å². The molecule has 0 amide bonds. The van der Waals surface area contributed by atoms with Gasteiger partial charge in [0.15, 0.2) is 0 Å². The Kier molecular flexibility index (Phi) is 7.30. The van der Waals surface area contributed by atoms with Crippen molar-refractivity contribution in [2.45, 2.75) is 45.1 Å². The van der Waals surface area contributed by atoms with Gasteiger partial charge in [-0.1, -0.05) is 30.3 Å². The van der Waals surface area contributed by atoms with Gasteiger partial charge in [0.25, 0.3) is 0 Å². The highest BCUT2D eigenvalue weighted by Gasteiger charge is 2.38. The summed E-state index contributed by atoms with van der Waals surface area (Å²) in [5.74, 6) is -1.44. The molecule has 0 aliphatic carbocycles. The van der Waals surface area contributed by atoms with E-state index in [9.17, 15) is 31.1 Å². The number of hydrogen-bond donors (Lipinski definition) is 1. The van der Waals surface area contributed by atoms with E-state index in [1.54, 1.807) is 18.2 Å². The van der Waals surface area contributed by atoms with Crippen LogP contribution in [0.25, 0.3) is 11.1 Å². The molecule has 1 heterocycles. The molecule has 3 aromatic rings. The van der Waals surface area contributed by atoms with Crippen LogP contribution in [0.15, 0.2) is 48.5 Å². The molecule has 1 N–H and O–H groups in total. The van der Waals surface area contributed by atoms with Gasteiger partial charge in [0, 0.05) is 16.9 Å². The Hall–Kier alpha value is -3.01. The monoisotopic (exact) mass is 502 g/mol. The third kappa shape index (κ3) is 5.91. The number of carbonyl (C=O) groups is 1. The van der Waals surface area contributed by atoms with Crippen LogP contribution in [0.3, 0.4) is 0 Å². The number of hydrogen-bond acceptors (Lipinski definition) is 3. The van der Waals surface area contributed by atoms with Crippen LogP contribution in [0.5, 0.6) is 5.75 Å². The van der Waals surface area contributed by atoms with E-state index in [0.29, 0.717) is 11.1 Å². The summed E-state index contributed by atoms with van der Waals surface area (Å²) in [6.45, 7) is 2.74. The molecular formula is C24H20F6O3S. The fraction of sp³-hybridized carbons (Fsp3) is 0.292. The van der Waals surface area contributed by atoms with Crippen molar-refractivity contribution in [1.29, 1.82) is 0 Å². The lowest BCUT2D eigenvalue weighted by molar-refractivity contribution is -0.139. The second-order valence-corrected chi connectivity index (χ2v) is 8.82. The second-order valence-electron chi connectivity index (χ2n) is 7.70. The van der Waals surface area contributed by atoms with Crippen molar-refractivity contribution < 1.29 is 41.0 Å². The maximum atomic E-state index is 14.1. The maximum absolute atomic E-state index is 14.1. The fourth-order valence-electron chi connectivity index (χ4n) is 3.69. The predicted octanol–water partition coefficient (Wildman–Crippen LogP) is 8.21. The molecule has 0 spiro atoms. The van der Waals surface area contributed by atoms with E-state index in [0.717, 1.165) is 11.3 Å². The maximum Gasteiger partial charge on any atom is 0.417 e. The average molecular weight is 502 g/mol. The Labute approximate surface area is 195 Å². The van der Waals surface area contributed by atoms with Crippen molar-refractivity contribution in [3.63, 3.8) is 0 Å². The van der Waals surface area contributed by atoms with Gasteiger partial charge in [-0.25, -0.2) is 4.79 Å². The van der Waals surface area contributed by atoms with Crippen LogP contribution in [0.1, 0.15) is 50.2 Å². The number of halogens is 6. The van der Waals surface area contributed by atoms with Crippen molar-refractivity contribution in [2.24, 2.45) is 0 Å². The molecule has 182 valence electrons. The Morgan fingerprint density at radius 1 is 1.03 bits per heavy atom. The first-order chi connectivity index (χ1) is 15.8. The number of carboxylic acids is 1. The van der Waals surface area contributed by atoms with Gasteiger partial charge in [-0.3, -0.25) is 0 Å². The van der Waals surface area contributed by atoms with Crippen LogP contribution in [-0.4, -0.2) is 17.3 Å². The highest BCUT2D eigenvalue weighted by atomic mass is 32.1. The van der Waals surface area contributed by atoms with Crippen molar-refractivity contribution in [3.8, 4) is 16.9 Å². The molecule has 3 nitrogen and oxygen atoms in total. The van der Waals surface area contributed by atoms with E-state index in [1.165, 1.54) is 44.2 Å². The van der Waals surface area contributed by atoms with Crippen LogP contribution < -0.4 is 4.74 Å². The molecule has 0 bridgehead atoms. The lowest BCUT2D eigenvalue weighted by Gasteiger charge is -2.25. The summed E-state index contributed by atoms with van der Waals surface area (Å²) in [6.07, 6.45) is -12.4. The average Bonchev–Trinajstić information content (AvgIpc) is 3.22. The van der Waals surface area contributed by atoms with Crippen molar-refractivity contribution in [3.05, 3.63) is 75.0 Å². The van der Waals surface area contributed by atoms with Gasteiger partial charge < -0.3 is 9.84 Å². The summed E-state index contributed by atoms with van der Waals surface area (Å²) in [5, 5.41) is 9.15. The summed E-state index contributed by atoms with van der Waals surface area (Å²) >= 11 is 0.726. The van der Waals surface area contributed by atoms with Gasteiger partial charge in [0.2, 0.25) is 0 Å². The van der Waals surface area contributed by atoms with Crippen molar-refractivity contribution in [1.82, 2.24) is 0 Å². The van der Waals surface area contributed by atoms with Gasteiger partial charge in [-0.15, -0.1) is 11.3 Å². The van der Waals surface area contributed by atoms with E-state index in [2.05, 4.69) is 0 Å². The lowest BCUT2D eigenvalue weighted by atomic mass is 9.92. The van der Waals surface area contributed by atoms with E-state index in [-0.39, 0.29) is 26.6 Å². The van der Waals surface area contributed by atoms with Crippen molar-refractivity contribution in [2.75, 3.05) is 0 Å². The number of benzene rings is 2. The minimum absolute atomic E-state index is 0.0634. The molecule has 0 radical (unpaired) electrons. The Balaban J connectivity index is 2.10. The summed E-state index contributed by atoms with van der Waals surface area (Å²) in [4.78, 5) is 11.3. The molecule has 0 aliphatic rings. The van der Waals surface area contributed by atoms with Crippen LogP contribution >= 0.6 is 11.3 Å². The Bertz CT molecular complexity index is 1170. The van der Waals surface area contributed by atoms with Gasteiger partial charge in [-0.2, -0.15) is 26.3 Å². The standard InChI is InChI=1S/C24H20F6O3S/c1-13-12-16(15-6-4-3-5-7-15)20(24(28,29)30)14(2)21(13)33-17(10-11-23(25,26)27)18-8-9-19(34-18)22(31)32/h3-9,12,17H,10-11H2,1-2H3,(H,31,32). The van der Waals surface area contributed by atoms with Crippen LogP contribution in [0.4, 0.5) is 26.3 Å². The Morgan fingerprint density at radius 3 is 2.21 bits per heavy atom. The molecule has 0 aliphatic heterocycles. The number of thiophene rings is 1.